The van der Waals surface area contributed by atoms with Crippen molar-refractivity contribution in [2.24, 2.45) is 0 Å². The second kappa shape index (κ2) is 13.3. The van der Waals surface area contributed by atoms with E-state index in [2.05, 4.69) is 6.58 Å². The topological polar surface area (TPSA) is 92.6 Å². The van der Waals surface area contributed by atoms with Crippen LogP contribution < -0.4 is 19.5 Å². The fourth-order valence-corrected chi connectivity index (χ4v) is 4.84. The third-order valence-corrected chi connectivity index (χ3v) is 6.81. The highest BCUT2D eigenvalue weighted by Gasteiger charge is 2.44. The number of likely N-dealkylation sites (tertiary alicyclic amines) is 1. The minimum absolute atomic E-state index is 0.0179. The van der Waals surface area contributed by atoms with Crippen LogP contribution in [0.3, 0.4) is 0 Å². The van der Waals surface area contributed by atoms with Gasteiger partial charge in [-0.1, -0.05) is 49.6 Å². The lowest BCUT2D eigenvalue weighted by molar-refractivity contribution is -0.908. The molecule has 8 heteroatoms. The molecule has 1 N–H and O–H groups in total. The molecule has 8 nitrogen and oxygen atoms in total. The molecule has 38 heavy (non-hydrogen) atoms. The monoisotopic (exact) mass is 520 g/mol. The summed E-state index contributed by atoms with van der Waals surface area (Å²) in [6.07, 6.45) is 3.24. The van der Waals surface area contributed by atoms with E-state index in [-0.39, 0.29) is 5.57 Å². The molecule has 0 aromatic heterocycles. The van der Waals surface area contributed by atoms with Crippen molar-refractivity contribution in [1.29, 1.82) is 0 Å². The number of ether oxygens (including phenoxy) is 3. The Morgan fingerprint density at radius 2 is 1.74 bits per heavy atom. The van der Waals surface area contributed by atoms with Crippen molar-refractivity contribution in [1.82, 2.24) is 4.90 Å². The van der Waals surface area contributed by atoms with Gasteiger partial charge in [-0.2, -0.15) is 0 Å². The molecule has 1 atom stereocenters. The average Bonchev–Trinajstić information content (AvgIpc) is 3.21. The maximum atomic E-state index is 13.7. The van der Waals surface area contributed by atoms with Crippen LogP contribution in [0.4, 0.5) is 0 Å². The molecule has 2 heterocycles. The minimum Gasteiger partial charge on any atom is -0.872 e. The Labute approximate surface area is 224 Å². The van der Waals surface area contributed by atoms with Gasteiger partial charge >= 0.3 is 0 Å². The molecular formula is C30H36N2O6. The first-order chi connectivity index (χ1) is 18.5. The first-order valence-electron chi connectivity index (χ1n) is 13.3. The van der Waals surface area contributed by atoms with Crippen molar-refractivity contribution in [3.63, 3.8) is 0 Å². The molecule has 1 unspecified atom stereocenters. The summed E-state index contributed by atoms with van der Waals surface area (Å²) in [5, 5.41) is 13.7. The van der Waals surface area contributed by atoms with Crippen molar-refractivity contribution in [3.05, 3.63) is 77.9 Å². The SMILES string of the molecule is C=CCOc1ccc(C([O-])=C2C(=O)C(=O)N(CCC[NH+]3CCOCC3)C2c2ccc(OCCC)cc2)cc1. The Bertz CT molecular complexity index is 1140. The third kappa shape index (κ3) is 6.44. The molecule has 2 aromatic carbocycles. The maximum Gasteiger partial charge on any atom is 0.295 e. The standard InChI is InChI=1S/C30H36N2O6/c1-3-18-37-24-10-6-22(7-11-24)27-26(28(33)23-8-12-25(13-9-23)38-19-4-2)29(34)30(35)32(27)15-5-14-31-16-20-36-21-17-31/h4,6-13,27,33H,2-3,5,14-21H2,1H3. The predicted molar refractivity (Wildman–Crippen MR) is 142 cm³/mol. The molecule has 4 rings (SSSR count). The van der Waals surface area contributed by atoms with Crippen LogP contribution in [0.2, 0.25) is 0 Å². The minimum atomic E-state index is -0.751. The predicted octanol–water partition coefficient (Wildman–Crippen LogP) is 1.57. The highest BCUT2D eigenvalue weighted by Crippen LogP contribution is 2.39. The molecule has 0 saturated carbocycles. The number of quaternary nitrogens is 1. The summed E-state index contributed by atoms with van der Waals surface area (Å²) in [4.78, 5) is 29.5. The molecule has 0 bridgehead atoms. The van der Waals surface area contributed by atoms with Crippen LogP contribution in [0.1, 0.15) is 36.9 Å². The van der Waals surface area contributed by atoms with E-state index >= 15 is 0 Å². The second-order valence-corrected chi connectivity index (χ2v) is 9.48. The molecule has 2 saturated heterocycles. The number of rotatable bonds is 12. The van der Waals surface area contributed by atoms with Gasteiger partial charge in [0.2, 0.25) is 5.78 Å². The van der Waals surface area contributed by atoms with Crippen LogP contribution in [0.25, 0.3) is 5.76 Å². The van der Waals surface area contributed by atoms with Crippen LogP contribution >= 0.6 is 0 Å². The van der Waals surface area contributed by atoms with Gasteiger partial charge in [0, 0.05) is 18.5 Å². The van der Waals surface area contributed by atoms with E-state index in [1.54, 1.807) is 35.2 Å². The summed E-state index contributed by atoms with van der Waals surface area (Å²) < 4.78 is 16.6. The Balaban J connectivity index is 1.63. The van der Waals surface area contributed by atoms with Crippen molar-refractivity contribution in [3.8, 4) is 11.5 Å². The van der Waals surface area contributed by atoms with Gasteiger partial charge in [0.1, 0.15) is 31.2 Å². The summed E-state index contributed by atoms with van der Waals surface area (Å²) in [5.74, 6) is -0.524. The summed E-state index contributed by atoms with van der Waals surface area (Å²) in [5.41, 5.74) is 1.02. The number of hydrogen-bond acceptors (Lipinski definition) is 6. The molecule has 2 aliphatic heterocycles. The zero-order valence-corrected chi connectivity index (χ0v) is 21.9. The average molecular weight is 521 g/mol. The molecule has 2 aliphatic rings. The summed E-state index contributed by atoms with van der Waals surface area (Å²) >= 11 is 0. The van der Waals surface area contributed by atoms with Gasteiger partial charge in [0.05, 0.1) is 32.4 Å². The Kier molecular flexibility index (Phi) is 9.56. The fourth-order valence-electron chi connectivity index (χ4n) is 4.84. The van der Waals surface area contributed by atoms with E-state index in [0.29, 0.717) is 42.4 Å². The van der Waals surface area contributed by atoms with E-state index < -0.39 is 23.5 Å². The summed E-state index contributed by atoms with van der Waals surface area (Å²) in [7, 11) is 0. The first-order valence-corrected chi connectivity index (χ1v) is 13.3. The highest BCUT2D eigenvalue weighted by molar-refractivity contribution is 6.46. The van der Waals surface area contributed by atoms with Crippen molar-refractivity contribution < 1.29 is 33.8 Å². The zero-order valence-electron chi connectivity index (χ0n) is 21.9. The molecule has 2 aromatic rings. The number of benzene rings is 2. The maximum absolute atomic E-state index is 13.7. The van der Waals surface area contributed by atoms with E-state index in [4.69, 9.17) is 14.2 Å². The van der Waals surface area contributed by atoms with Crippen LogP contribution in [0, 0.1) is 0 Å². The smallest absolute Gasteiger partial charge is 0.295 e. The number of carbonyl (C=O) groups excluding carboxylic acids is 2. The van der Waals surface area contributed by atoms with Gasteiger partial charge in [-0.25, -0.2) is 0 Å². The van der Waals surface area contributed by atoms with Gasteiger partial charge < -0.3 is 29.1 Å². The largest absolute Gasteiger partial charge is 0.872 e. The number of amides is 1. The van der Waals surface area contributed by atoms with E-state index in [1.807, 2.05) is 31.2 Å². The molecule has 2 fully saturated rings. The van der Waals surface area contributed by atoms with Gasteiger partial charge in [0.25, 0.3) is 5.91 Å². The quantitative estimate of drug-likeness (QED) is 0.198. The molecule has 0 aliphatic carbocycles. The molecular weight excluding hydrogens is 484 g/mol. The number of nitrogens with one attached hydrogen (secondary N) is 1. The number of Topliss-reactive ketones (excluding diaryl/α,β-unsaturated/α-hetero) is 1. The fraction of sp³-hybridized carbons (Fsp3) is 0.400. The lowest BCUT2D eigenvalue weighted by Gasteiger charge is -2.29. The van der Waals surface area contributed by atoms with Gasteiger partial charge in [0.15, 0.2) is 0 Å². The number of ketones is 1. The van der Waals surface area contributed by atoms with Gasteiger partial charge in [-0.15, -0.1) is 0 Å². The summed E-state index contributed by atoms with van der Waals surface area (Å²) in [6, 6.07) is 13.2. The van der Waals surface area contributed by atoms with Crippen LogP contribution in [0.5, 0.6) is 11.5 Å². The Morgan fingerprint density at radius 3 is 2.39 bits per heavy atom. The lowest BCUT2D eigenvalue weighted by atomic mass is 9.95. The van der Waals surface area contributed by atoms with Gasteiger partial charge in [-0.05, 0) is 41.8 Å². The lowest BCUT2D eigenvalue weighted by Crippen LogP contribution is -3.14. The van der Waals surface area contributed by atoms with E-state index in [0.717, 1.165) is 45.7 Å². The highest BCUT2D eigenvalue weighted by atomic mass is 16.5. The number of hydrogen-bond donors (Lipinski definition) is 1. The number of morpholine rings is 1. The number of carbonyl (C=O) groups is 2. The van der Waals surface area contributed by atoms with Crippen molar-refractivity contribution >= 4 is 17.4 Å². The summed E-state index contributed by atoms with van der Waals surface area (Å²) in [6.45, 7) is 11.2. The van der Waals surface area contributed by atoms with Gasteiger partial charge in [-0.3, -0.25) is 9.59 Å². The van der Waals surface area contributed by atoms with Crippen LogP contribution in [-0.2, 0) is 14.3 Å². The zero-order chi connectivity index (χ0) is 26.9. The molecule has 202 valence electrons. The second-order valence-electron chi connectivity index (χ2n) is 9.48. The van der Waals surface area contributed by atoms with Crippen molar-refractivity contribution in [2.75, 3.05) is 52.6 Å². The van der Waals surface area contributed by atoms with Crippen LogP contribution in [-0.4, -0.2) is 69.2 Å². The third-order valence-electron chi connectivity index (χ3n) is 6.81. The first kappa shape index (κ1) is 27.4. The van der Waals surface area contributed by atoms with Crippen LogP contribution in [0.15, 0.2) is 66.8 Å². The van der Waals surface area contributed by atoms with E-state index in [9.17, 15) is 14.7 Å². The molecule has 0 spiro atoms. The Morgan fingerprint density at radius 1 is 1.08 bits per heavy atom. The Hall–Kier alpha value is -3.62. The normalized spacial score (nSPS) is 19.5. The van der Waals surface area contributed by atoms with E-state index in [1.165, 1.54) is 4.90 Å². The number of nitrogens with zero attached hydrogens (tertiary/aromatic N) is 1. The molecule has 1 amide bonds. The van der Waals surface area contributed by atoms with Crippen molar-refractivity contribution in [2.45, 2.75) is 25.8 Å². The molecule has 0 radical (unpaired) electrons.